The summed E-state index contributed by atoms with van der Waals surface area (Å²) in [6.45, 7) is 2.80. The maximum atomic E-state index is 11.2. The number of carbonyl (C=O) groups is 1. The number of nitrogens with zero attached hydrogens (tertiary/aromatic N) is 2. The van der Waals surface area contributed by atoms with Crippen LogP contribution in [0.1, 0.15) is 24.9 Å². The molecule has 0 spiro atoms. The topological polar surface area (TPSA) is 58.9 Å². The van der Waals surface area contributed by atoms with Crippen molar-refractivity contribution in [3.63, 3.8) is 0 Å². The maximum absolute atomic E-state index is 11.2. The third-order valence-corrected chi connectivity index (χ3v) is 3.59. The van der Waals surface area contributed by atoms with Crippen molar-refractivity contribution in [3.05, 3.63) is 48.3 Å². The molecule has 0 bridgehead atoms. The first-order valence-electron chi connectivity index (χ1n) is 6.85. The lowest BCUT2D eigenvalue weighted by atomic mass is 10.1. The second-order valence-corrected chi connectivity index (χ2v) is 5.15. The Morgan fingerprint density at radius 3 is 2.90 bits per heavy atom. The first-order valence-corrected chi connectivity index (χ1v) is 6.85. The Morgan fingerprint density at radius 1 is 1.40 bits per heavy atom. The summed E-state index contributed by atoms with van der Waals surface area (Å²) >= 11 is 0. The lowest BCUT2D eigenvalue weighted by Gasteiger charge is -2.16. The Bertz CT molecular complexity index is 593. The van der Waals surface area contributed by atoms with Gasteiger partial charge in [0.1, 0.15) is 0 Å². The molecule has 0 aliphatic carbocycles. The minimum atomic E-state index is 0.120. The van der Waals surface area contributed by atoms with Crippen LogP contribution in [-0.2, 0) is 4.79 Å². The van der Waals surface area contributed by atoms with Crippen LogP contribution in [0, 0.1) is 0 Å². The predicted octanol–water partition coefficient (Wildman–Crippen LogP) is 1.41. The smallest absolute Gasteiger partial charge is 0.221 e. The van der Waals surface area contributed by atoms with Gasteiger partial charge in [0.15, 0.2) is 0 Å². The molecule has 0 radical (unpaired) electrons. The highest BCUT2D eigenvalue weighted by Crippen LogP contribution is 2.16. The van der Waals surface area contributed by atoms with Gasteiger partial charge in [-0.05, 0) is 19.1 Å². The van der Waals surface area contributed by atoms with Gasteiger partial charge in [0.25, 0.3) is 0 Å². The number of rotatable bonds is 4. The highest BCUT2D eigenvalue weighted by Gasteiger charge is 2.23. The van der Waals surface area contributed by atoms with Crippen molar-refractivity contribution in [1.29, 1.82) is 0 Å². The van der Waals surface area contributed by atoms with Gasteiger partial charge in [0.05, 0.1) is 11.9 Å². The van der Waals surface area contributed by atoms with E-state index in [2.05, 4.69) is 22.7 Å². The molecule has 104 valence electrons. The van der Waals surface area contributed by atoms with Gasteiger partial charge in [-0.3, -0.25) is 4.79 Å². The number of hydrogen-bond acceptors (Lipinski definition) is 3. The Hall–Kier alpha value is -2.14. The zero-order chi connectivity index (χ0) is 13.9. The van der Waals surface area contributed by atoms with Crippen LogP contribution < -0.4 is 10.6 Å². The third-order valence-electron chi connectivity index (χ3n) is 3.59. The van der Waals surface area contributed by atoms with E-state index in [1.165, 1.54) is 0 Å². The SMILES string of the molecule is CC(NC1CNC(=O)C1)c1cnn(-c2ccccc2)c1. The molecule has 0 saturated carbocycles. The standard InChI is InChI=1S/C15H18N4O/c1-11(18-13-7-15(20)16-9-13)12-8-17-19(10-12)14-5-3-2-4-6-14/h2-6,8,10-11,13,18H,7,9H2,1H3,(H,16,20). The maximum Gasteiger partial charge on any atom is 0.221 e. The average Bonchev–Trinajstić information content (AvgIpc) is 3.09. The Labute approximate surface area is 118 Å². The van der Waals surface area contributed by atoms with Crippen LogP contribution in [0.4, 0.5) is 0 Å². The van der Waals surface area contributed by atoms with Crippen molar-refractivity contribution in [2.45, 2.75) is 25.4 Å². The fourth-order valence-electron chi connectivity index (χ4n) is 2.46. The second-order valence-electron chi connectivity index (χ2n) is 5.15. The lowest BCUT2D eigenvalue weighted by Crippen LogP contribution is -2.33. The average molecular weight is 270 g/mol. The van der Waals surface area contributed by atoms with Gasteiger partial charge in [-0.15, -0.1) is 0 Å². The molecule has 20 heavy (non-hydrogen) atoms. The molecule has 2 aromatic rings. The first-order chi connectivity index (χ1) is 9.72. The molecule has 2 heterocycles. The number of hydrogen-bond donors (Lipinski definition) is 2. The summed E-state index contributed by atoms with van der Waals surface area (Å²) in [6.07, 6.45) is 4.45. The minimum absolute atomic E-state index is 0.120. The van der Waals surface area contributed by atoms with E-state index in [1.54, 1.807) is 0 Å². The number of nitrogens with one attached hydrogen (secondary N) is 2. The lowest BCUT2D eigenvalue weighted by molar-refractivity contribution is -0.119. The van der Waals surface area contributed by atoms with Crippen molar-refractivity contribution in [1.82, 2.24) is 20.4 Å². The summed E-state index contributed by atoms with van der Waals surface area (Å²) in [5.74, 6) is 0.120. The van der Waals surface area contributed by atoms with Crippen LogP contribution in [0.3, 0.4) is 0 Å². The first kappa shape index (κ1) is 12.9. The summed E-state index contributed by atoms with van der Waals surface area (Å²) in [5.41, 5.74) is 2.16. The zero-order valence-electron chi connectivity index (χ0n) is 11.4. The van der Waals surface area contributed by atoms with Gasteiger partial charge in [-0.1, -0.05) is 18.2 Å². The molecule has 5 heteroatoms. The summed E-state index contributed by atoms with van der Waals surface area (Å²) in [6, 6.07) is 10.4. The molecule has 1 saturated heterocycles. The monoisotopic (exact) mass is 270 g/mol. The molecule has 1 fully saturated rings. The van der Waals surface area contributed by atoms with Crippen LogP contribution >= 0.6 is 0 Å². The van der Waals surface area contributed by atoms with Gasteiger partial charge in [0, 0.05) is 36.8 Å². The zero-order valence-corrected chi connectivity index (χ0v) is 11.4. The van der Waals surface area contributed by atoms with E-state index in [1.807, 2.05) is 47.4 Å². The normalized spacial score (nSPS) is 19.9. The largest absolute Gasteiger partial charge is 0.354 e. The summed E-state index contributed by atoms with van der Waals surface area (Å²) in [4.78, 5) is 11.2. The highest BCUT2D eigenvalue weighted by molar-refractivity contribution is 5.78. The number of aromatic nitrogens is 2. The molecule has 2 unspecified atom stereocenters. The molecule has 1 aromatic heterocycles. The van der Waals surface area contributed by atoms with Crippen molar-refractivity contribution < 1.29 is 4.79 Å². The highest BCUT2D eigenvalue weighted by atomic mass is 16.1. The van der Waals surface area contributed by atoms with Crippen LogP contribution in [0.2, 0.25) is 0 Å². The van der Waals surface area contributed by atoms with Crippen LogP contribution in [0.5, 0.6) is 0 Å². The Morgan fingerprint density at radius 2 is 2.20 bits per heavy atom. The Balaban J connectivity index is 1.68. The molecule has 2 atom stereocenters. The van der Waals surface area contributed by atoms with Crippen LogP contribution in [0.15, 0.2) is 42.7 Å². The van der Waals surface area contributed by atoms with Gasteiger partial charge < -0.3 is 10.6 Å². The molecule has 1 aliphatic heterocycles. The number of carbonyl (C=O) groups excluding carboxylic acids is 1. The van der Waals surface area contributed by atoms with Gasteiger partial charge in [-0.25, -0.2) is 4.68 Å². The minimum Gasteiger partial charge on any atom is -0.354 e. The van der Waals surface area contributed by atoms with E-state index in [0.717, 1.165) is 11.3 Å². The van der Waals surface area contributed by atoms with E-state index < -0.39 is 0 Å². The van der Waals surface area contributed by atoms with Crippen molar-refractivity contribution >= 4 is 5.91 Å². The van der Waals surface area contributed by atoms with Gasteiger partial charge in [-0.2, -0.15) is 5.10 Å². The number of amides is 1. The molecule has 5 nitrogen and oxygen atoms in total. The van der Waals surface area contributed by atoms with E-state index in [9.17, 15) is 4.79 Å². The predicted molar refractivity (Wildman–Crippen MR) is 76.5 cm³/mol. The van der Waals surface area contributed by atoms with E-state index in [0.29, 0.717) is 13.0 Å². The van der Waals surface area contributed by atoms with Crippen LogP contribution in [-0.4, -0.2) is 28.3 Å². The molecule has 2 N–H and O–H groups in total. The van der Waals surface area contributed by atoms with Gasteiger partial charge in [0.2, 0.25) is 5.91 Å². The number of benzene rings is 1. The van der Waals surface area contributed by atoms with Crippen LogP contribution in [0.25, 0.3) is 5.69 Å². The van der Waals surface area contributed by atoms with Crippen molar-refractivity contribution in [2.24, 2.45) is 0 Å². The summed E-state index contributed by atoms with van der Waals surface area (Å²) in [7, 11) is 0. The molecular formula is C15H18N4O. The molecule has 1 aliphatic rings. The molecule has 1 amide bonds. The van der Waals surface area contributed by atoms with Gasteiger partial charge >= 0.3 is 0 Å². The molecule has 1 aromatic carbocycles. The number of para-hydroxylation sites is 1. The Kier molecular flexibility index (Phi) is 3.52. The molecular weight excluding hydrogens is 252 g/mol. The van der Waals surface area contributed by atoms with Crippen molar-refractivity contribution in [3.8, 4) is 5.69 Å². The summed E-state index contributed by atoms with van der Waals surface area (Å²) in [5, 5.41) is 10.7. The van der Waals surface area contributed by atoms with E-state index >= 15 is 0 Å². The second kappa shape index (κ2) is 5.46. The van der Waals surface area contributed by atoms with E-state index in [-0.39, 0.29) is 18.0 Å². The molecule has 3 rings (SSSR count). The fraction of sp³-hybridized carbons (Fsp3) is 0.333. The summed E-state index contributed by atoms with van der Waals surface area (Å²) < 4.78 is 1.87. The van der Waals surface area contributed by atoms with Crippen molar-refractivity contribution in [2.75, 3.05) is 6.54 Å². The third kappa shape index (κ3) is 2.72. The fourth-order valence-corrected chi connectivity index (χ4v) is 2.46. The van der Waals surface area contributed by atoms with E-state index in [4.69, 9.17) is 0 Å². The quantitative estimate of drug-likeness (QED) is 0.883.